The molecule has 1 aliphatic heterocycles. The van der Waals surface area contributed by atoms with E-state index >= 15 is 0 Å². The van der Waals surface area contributed by atoms with Gasteiger partial charge >= 0.3 is 24.2 Å². The fraction of sp³-hybridized carbons (Fsp3) is 0.778. The number of likely N-dealkylation sites (tertiary alicyclic amines) is 1. The minimum absolute atomic E-state index is 0.130. The van der Waals surface area contributed by atoms with Crippen molar-refractivity contribution >= 4 is 11.9 Å². The molecule has 11 heteroatoms. The fourth-order valence-corrected chi connectivity index (χ4v) is 1.94. The summed E-state index contributed by atoms with van der Waals surface area (Å²) < 4.78 is 89.0. The van der Waals surface area contributed by atoms with Gasteiger partial charge in [-0.25, -0.2) is 9.18 Å². The Hall–Kier alpha value is -1.55. The lowest BCUT2D eigenvalue weighted by molar-refractivity contribution is -0.248. The Kier molecular flexibility index (Phi) is 3.48. The van der Waals surface area contributed by atoms with Crippen LogP contribution in [-0.2, 0) is 9.59 Å². The van der Waals surface area contributed by atoms with Gasteiger partial charge in [0.1, 0.15) is 5.41 Å². The topological polar surface area (TPSA) is 57.6 Å². The van der Waals surface area contributed by atoms with E-state index in [1.54, 1.807) is 0 Å². The molecular weight excluding hydrogens is 303 g/mol. The Labute approximate surface area is 107 Å². The van der Waals surface area contributed by atoms with Crippen LogP contribution < -0.4 is 0 Å². The molecule has 0 saturated carbocycles. The Morgan fingerprint density at radius 1 is 1.10 bits per heavy atom. The molecule has 2 unspecified atom stereocenters. The smallest absolute Gasteiger partial charge is 0.471 e. The molecule has 1 rings (SSSR count). The zero-order valence-corrected chi connectivity index (χ0v) is 9.77. The van der Waals surface area contributed by atoms with Crippen LogP contribution in [0.4, 0.5) is 30.7 Å². The Morgan fingerprint density at radius 2 is 1.55 bits per heavy atom. The van der Waals surface area contributed by atoms with Crippen molar-refractivity contribution in [1.82, 2.24) is 4.90 Å². The molecule has 4 nitrogen and oxygen atoms in total. The summed E-state index contributed by atoms with van der Waals surface area (Å²) in [5.41, 5.74) is -7.68. The van der Waals surface area contributed by atoms with Gasteiger partial charge in [-0.05, 0) is 6.92 Å². The summed E-state index contributed by atoms with van der Waals surface area (Å²) in [6, 6.07) is 0. The van der Waals surface area contributed by atoms with Gasteiger partial charge in [0.15, 0.2) is 0 Å². The molecular formula is C9H8F7NO3. The number of nitrogens with zero attached hydrogens (tertiary/aromatic N) is 1. The first-order valence-corrected chi connectivity index (χ1v) is 5.02. The maximum absolute atomic E-state index is 14.1. The Bertz CT molecular complexity index is 446. The third-order valence-corrected chi connectivity index (χ3v) is 3.28. The molecule has 0 spiro atoms. The summed E-state index contributed by atoms with van der Waals surface area (Å²) in [7, 11) is 0. The molecule has 1 aliphatic rings. The van der Waals surface area contributed by atoms with Crippen LogP contribution in [0.2, 0.25) is 0 Å². The highest BCUT2D eigenvalue weighted by Crippen LogP contribution is 2.53. The number of halogens is 7. The van der Waals surface area contributed by atoms with Crippen LogP contribution in [0, 0.1) is 5.41 Å². The summed E-state index contributed by atoms with van der Waals surface area (Å²) in [5, 5.41) is 8.58. The third-order valence-electron chi connectivity index (χ3n) is 3.28. The maximum atomic E-state index is 14.1. The first-order chi connectivity index (χ1) is 8.67. The van der Waals surface area contributed by atoms with Gasteiger partial charge in [-0.2, -0.15) is 26.3 Å². The van der Waals surface area contributed by atoms with Crippen LogP contribution >= 0.6 is 0 Å². The minimum Gasteiger partial charge on any atom is -0.479 e. The molecule has 1 saturated heterocycles. The van der Waals surface area contributed by atoms with Gasteiger partial charge in [0.2, 0.25) is 5.67 Å². The van der Waals surface area contributed by atoms with E-state index < -0.39 is 53.3 Å². The monoisotopic (exact) mass is 311 g/mol. The van der Waals surface area contributed by atoms with Gasteiger partial charge < -0.3 is 10.0 Å². The van der Waals surface area contributed by atoms with E-state index in [9.17, 15) is 40.3 Å². The molecule has 0 aliphatic carbocycles. The number of hydrogen-bond acceptors (Lipinski definition) is 2. The summed E-state index contributed by atoms with van der Waals surface area (Å²) >= 11 is 0. The Morgan fingerprint density at radius 3 is 1.80 bits per heavy atom. The normalized spacial score (nSPS) is 31.5. The first-order valence-electron chi connectivity index (χ1n) is 5.02. The first kappa shape index (κ1) is 16.5. The average molecular weight is 311 g/mol. The highest BCUT2D eigenvalue weighted by molar-refractivity contribution is 5.86. The van der Waals surface area contributed by atoms with Crippen LogP contribution in [0.15, 0.2) is 0 Å². The summed E-state index contributed by atoms with van der Waals surface area (Å²) in [6.07, 6.45) is -11.0. The zero-order chi connectivity index (χ0) is 16.1. The summed E-state index contributed by atoms with van der Waals surface area (Å²) in [5.74, 6) is -5.29. The molecule has 1 fully saturated rings. The minimum atomic E-state index is -5.52. The van der Waals surface area contributed by atoms with Gasteiger partial charge in [0.25, 0.3) is 0 Å². The van der Waals surface area contributed by atoms with Crippen LogP contribution in [0.5, 0.6) is 0 Å². The van der Waals surface area contributed by atoms with Crippen molar-refractivity contribution in [3.63, 3.8) is 0 Å². The lowest BCUT2D eigenvalue weighted by Gasteiger charge is -2.34. The van der Waals surface area contributed by atoms with E-state index in [2.05, 4.69) is 0 Å². The second-order valence-electron chi connectivity index (χ2n) is 4.60. The van der Waals surface area contributed by atoms with Crippen molar-refractivity contribution < 1.29 is 45.4 Å². The SMILES string of the molecule is CC1(C(F)(F)F)CN(C(=O)C(F)(F)F)CC1(F)C(=O)O. The highest BCUT2D eigenvalue weighted by atomic mass is 19.4. The van der Waals surface area contributed by atoms with E-state index in [0.29, 0.717) is 0 Å². The van der Waals surface area contributed by atoms with E-state index in [-0.39, 0.29) is 6.92 Å². The maximum Gasteiger partial charge on any atom is 0.471 e. The number of carboxylic acid groups (broad SMARTS) is 1. The number of hydrogen-bond donors (Lipinski definition) is 1. The third kappa shape index (κ3) is 2.18. The van der Waals surface area contributed by atoms with Crippen LogP contribution in [0.1, 0.15) is 6.92 Å². The number of amides is 1. The summed E-state index contributed by atoms with van der Waals surface area (Å²) in [6.45, 7) is -3.42. The fourth-order valence-electron chi connectivity index (χ4n) is 1.94. The molecule has 0 radical (unpaired) electrons. The van der Waals surface area contributed by atoms with E-state index in [1.165, 1.54) is 0 Å². The van der Waals surface area contributed by atoms with Crippen molar-refractivity contribution in [1.29, 1.82) is 0 Å². The molecule has 0 aromatic rings. The van der Waals surface area contributed by atoms with Crippen molar-refractivity contribution in [3.8, 4) is 0 Å². The lowest BCUT2D eigenvalue weighted by Crippen LogP contribution is -2.56. The number of carbonyl (C=O) groups is 2. The number of alkyl halides is 7. The largest absolute Gasteiger partial charge is 0.479 e. The number of aliphatic carboxylic acids is 1. The van der Waals surface area contributed by atoms with Gasteiger partial charge in [0, 0.05) is 6.54 Å². The quantitative estimate of drug-likeness (QED) is 0.751. The van der Waals surface area contributed by atoms with Crippen LogP contribution in [0.3, 0.4) is 0 Å². The standard InChI is InChI=1S/C9H8F7NO3/c1-6(9(14,15)16)2-17(4(18)8(11,12)13)3-7(6,10)5(19)20/h2-3H2,1H3,(H,19,20). The molecule has 1 N–H and O–H groups in total. The second-order valence-corrected chi connectivity index (χ2v) is 4.60. The second kappa shape index (κ2) is 4.22. The molecule has 0 bridgehead atoms. The van der Waals surface area contributed by atoms with Crippen molar-refractivity contribution in [2.75, 3.05) is 13.1 Å². The summed E-state index contributed by atoms with van der Waals surface area (Å²) in [4.78, 5) is 21.1. The molecule has 2 atom stereocenters. The highest BCUT2D eigenvalue weighted by Gasteiger charge is 2.74. The van der Waals surface area contributed by atoms with Gasteiger partial charge in [-0.3, -0.25) is 4.79 Å². The van der Waals surface area contributed by atoms with Crippen molar-refractivity contribution in [2.45, 2.75) is 24.9 Å². The molecule has 116 valence electrons. The van der Waals surface area contributed by atoms with Gasteiger partial charge in [-0.1, -0.05) is 0 Å². The number of rotatable bonds is 1. The van der Waals surface area contributed by atoms with Gasteiger partial charge in [-0.15, -0.1) is 0 Å². The lowest BCUT2D eigenvalue weighted by atomic mass is 9.76. The number of carbonyl (C=O) groups excluding carboxylic acids is 1. The molecule has 0 aromatic carbocycles. The van der Waals surface area contributed by atoms with E-state index in [0.717, 1.165) is 0 Å². The van der Waals surface area contributed by atoms with Gasteiger partial charge in [0.05, 0.1) is 6.54 Å². The molecule has 20 heavy (non-hydrogen) atoms. The van der Waals surface area contributed by atoms with Crippen molar-refractivity contribution in [2.24, 2.45) is 5.41 Å². The zero-order valence-electron chi connectivity index (χ0n) is 9.77. The predicted octanol–water partition coefficient (Wildman–Crippen LogP) is 1.75. The predicted molar refractivity (Wildman–Crippen MR) is 48.3 cm³/mol. The van der Waals surface area contributed by atoms with E-state index in [1.807, 2.05) is 0 Å². The molecule has 1 amide bonds. The molecule has 0 aromatic heterocycles. The molecule has 1 heterocycles. The van der Waals surface area contributed by atoms with Crippen LogP contribution in [-0.4, -0.2) is 53.0 Å². The van der Waals surface area contributed by atoms with Crippen molar-refractivity contribution in [3.05, 3.63) is 0 Å². The number of carboxylic acids is 1. The Balaban J connectivity index is 3.28. The average Bonchev–Trinajstić information content (AvgIpc) is 2.51. The van der Waals surface area contributed by atoms with Crippen LogP contribution in [0.25, 0.3) is 0 Å². The van der Waals surface area contributed by atoms with E-state index in [4.69, 9.17) is 5.11 Å².